The van der Waals surface area contributed by atoms with Gasteiger partial charge in [0.2, 0.25) is 0 Å². The second-order valence-electron chi connectivity index (χ2n) is 4.47. The first-order valence-corrected chi connectivity index (χ1v) is 7.08. The van der Waals surface area contributed by atoms with E-state index >= 15 is 0 Å². The molecule has 0 aliphatic rings. The highest BCUT2D eigenvalue weighted by Crippen LogP contribution is 2.27. The minimum atomic E-state index is 0.200. The fourth-order valence-electron chi connectivity index (χ4n) is 2.14. The van der Waals surface area contributed by atoms with Crippen LogP contribution in [0.4, 0.5) is 0 Å². The molecule has 0 fully saturated rings. The Labute approximate surface area is 112 Å². The first-order chi connectivity index (χ1) is 8.76. The summed E-state index contributed by atoms with van der Waals surface area (Å²) in [4.78, 5) is 1.24. The zero-order valence-corrected chi connectivity index (χ0v) is 11.9. The smallest absolute Gasteiger partial charge is 0.0807 e. The van der Waals surface area contributed by atoms with E-state index in [9.17, 15) is 0 Å². The van der Waals surface area contributed by atoms with Crippen molar-refractivity contribution in [3.63, 3.8) is 0 Å². The van der Waals surface area contributed by atoms with Crippen molar-refractivity contribution in [2.24, 2.45) is 0 Å². The quantitative estimate of drug-likeness (QED) is 0.898. The van der Waals surface area contributed by atoms with Crippen molar-refractivity contribution >= 4 is 11.5 Å². The van der Waals surface area contributed by atoms with Gasteiger partial charge in [0.05, 0.1) is 16.6 Å². The van der Waals surface area contributed by atoms with E-state index in [1.165, 1.54) is 27.5 Å². The maximum absolute atomic E-state index is 4.25. The molecule has 2 aromatic rings. The fourth-order valence-corrected chi connectivity index (χ4v) is 2.98. The number of rotatable bonds is 5. The maximum atomic E-state index is 4.25. The number of aryl methyl sites for hydroxylation is 2. The van der Waals surface area contributed by atoms with Gasteiger partial charge in [-0.15, -0.1) is 5.10 Å². The van der Waals surface area contributed by atoms with E-state index in [0.29, 0.717) is 0 Å². The Morgan fingerprint density at radius 3 is 2.89 bits per heavy atom. The molecule has 4 heteroatoms. The van der Waals surface area contributed by atoms with Crippen LogP contribution >= 0.6 is 11.5 Å². The molecule has 1 N–H and O–H groups in total. The summed E-state index contributed by atoms with van der Waals surface area (Å²) >= 11 is 1.50. The number of aromatic nitrogens is 2. The maximum Gasteiger partial charge on any atom is 0.0807 e. The van der Waals surface area contributed by atoms with Crippen LogP contribution in [0.25, 0.3) is 0 Å². The molecule has 3 nitrogen and oxygen atoms in total. The van der Waals surface area contributed by atoms with Crippen LogP contribution in [0, 0.1) is 6.92 Å². The second kappa shape index (κ2) is 6.07. The van der Waals surface area contributed by atoms with Gasteiger partial charge in [0.15, 0.2) is 0 Å². The highest BCUT2D eigenvalue weighted by atomic mass is 32.1. The second-order valence-corrected chi connectivity index (χ2v) is 5.26. The van der Waals surface area contributed by atoms with Crippen molar-refractivity contribution < 1.29 is 0 Å². The number of nitrogens with zero attached hydrogens (tertiary/aromatic N) is 2. The number of hydrogen-bond acceptors (Lipinski definition) is 4. The van der Waals surface area contributed by atoms with Gasteiger partial charge in [-0.25, -0.2) is 0 Å². The van der Waals surface area contributed by atoms with Crippen LogP contribution in [0.1, 0.15) is 41.1 Å². The first-order valence-electron chi connectivity index (χ1n) is 6.31. The SMILES string of the molecule is CCCc1nnsc1C(NC)c1cccc(C)c1. The largest absolute Gasteiger partial charge is 0.309 e. The molecule has 0 aliphatic heterocycles. The Hall–Kier alpha value is -1.26. The normalized spacial score (nSPS) is 12.6. The van der Waals surface area contributed by atoms with E-state index in [2.05, 4.69) is 53.0 Å². The van der Waals surface area contributed by atoms with E-state index in [0.717, 1.165) is 18.5 Å². The van der Waals surface area contributed by atoms with Gasteiger partial charge in [0.1, 0.15) is 0 Å². The van der Waals surface area contributed by atoms with Gasteiger partial charge in [0, 0.05) is 0 Å². The molecule has 0 spiro atoms. The molecule has 0 bridgehead atoms. The molecular weight excluding hydrogens is 242 g/mol. The summed E-state index contributed by atoms with van der Waals surface area (Å²) in [5, 5.41) is 7.63. The standard InChI is InChI=1S/C14H19N3S/c1-4-6-12-14(18-17-16-12)13(15-3)11-8-5-7-10(2)9-11/h5,7-9,13,15H,4,6H2,1-3H3. The molecule has 0 saturated heterocycles. The number of hydrogen-bond donors (Lipinski definition) is 1. The Kier molecular flexibility index (Phi) is 4.44. The third-order valence-corrected chi connectivity index (χ3v) is 3.83. The Balaban J connectivity index is 2.36. The minimum Gasteiger partial charge on any atom is -0.309 e. The van der Waals surface area contributed by atoms with Crippen LogP contribution in [0.15, 0.2) is 24.3 Å². The molecule has 1 unspecified atom stereocenters. The van der Waals surface area contributed by atoms with Crippen molar-refractivity contribution in [3.05, 3.63) is 46.0 Å². The zero-order valence-electron chi connectivity index (χ0n) is 11.1. The minimum absolute atomic E-state index is 0.200. The lowest BCUT2D eigenvalue weighted by Crippen LogP contribution is -2.18. The van der Waals surface area contributed by atoms with E-state index in [1.807, 2.05) is 7.05 Å². The molecule has 0 radical (unpaired) electrons. The molecule has 96 valence electrons. The molecule has 18 heavy (non-hydrogen) atoms. The third-order valence-electron chi connectivity index (χ3n) is 3.00. The summed E-state index contributed by atoms with van der Waals surface area (Å²) in [6.45, 7) is 4.29. The first kappa shape index (κ1) is 13.2. The Morgan fingerprint density at radius 2 is 2.22 bits per heavy atom. The molecule has 0 aliphatic carbocycles. The summed E-state index contributed by atoms with van der Waals surface area (Å²) in [6.07, 6.45) is 2.10. The number of nitrogens with one attached hydrogen (secondary N) is 1. The molecular formula is C14H19N3S. The van der Waals surface area contributed by atoms with Gasteiger partial charge in [-0.05, 0) is 37.5 Å². The lowest BCUT2D eigenvalue weighted by atomic mass is 10.0. The van der Waals surface area contributed by atoms with Crippen molar-refractivity contribution in [2.75, 3.05) is 7.05 Å². The zero-order chi connectivity index (χ0) is 13.0. The monoisotopic (exact) mass is 261 g/mol. The summed E-state index contributed by atoms with van der Waals surface area (Å²) < 4.78 is 4.11. The van der Waals surface area contributed by atoms with Gasteiger partial charge in [-0.3, -0.25) is 0 Å². The summed E-state index contributed by atoms with van der Waals surface area (Å²) in [5.74, 6) is 0. The van der Waals surface area contributed by atoms with Crippen molar-refractivity contribution in [3.8, 4) is 0 Å². The van der Waals surface area contributed by atoms with Gasteiger partial charge in [-0.1, -0.05) is 47.7 Å². The van der Waals surface area contributed by atoms with Crippen LogP contribution in [0.5, 0.6) is 0 Å². The third kappa shape index (κ3) is 2.76. The Bertz CT molecular complexity index is 507. The van der Waals surface area contributed by atoms with Crippen molar-refractivity contribution in [1.29, 1.82) is 0 Å². The topological polar surface area (TPSA) is 37.8 Å². The van der Waals surface area contributed by atoms with E-state index in [1.54, 1.807) is 0 Å². The lowest BCUT2D eigenvalue weighted by molar-refractivity contribution is 0.688. The van der Waals surface area contributed by atoms with Crippen molar-refractivity contribution in [2.45, 2.75) is 32.7 Å². The van der Waals surface area contributed by atoms with Gasteiger partial charge < -0.3 is 5.32 Å². The van der Waals surface area contributed by atoms with Gasteiger partial charge >= 0.3 is 0 Å². The van der Waals surface area contributed by atoms with Crippen LogP contribution in [0.2, 0.25) is 0 Å². The van der Waals surface area contributed by atoms with Crippen LogP contribution in [-0.4, -0.2) is 16.6 Å². The van der Waals surface area contributed by atoms with Crippen molar-refractivity contribution in [1.82, 2.24) is 14.9 Å². The van der Waals surface area contributed by atoms with Crippen LogP contribution in [0.3, 0.4) is 0 Å². The summed E-state index contributed by atoms with van der Waals surface area (Å²) in [6, 6.07) is 8.79. The highest BCUT2D eigenvalue weighted by Gasteiger charge is 2.19. The molecule has 0 saturated carbocycles. The molecule has 1 aromatic heterocycles. The average Bonchev–Trinajstić information content (AvgIpc) is 2.79. The van der Waals surface area contributed by atoms with Crippen LogP contribution in [-0.2, 0) is 6.42 Å². The van der Waals surface area contributed by atoms with E-state index in [4.69, 9.17) is 0 Å². The average molecular weight is 261 g/mol. The van der Waals surface area contributed by atoms with E-state index < -0.39 is 0 Å². The van der Waals surface area contributed by atoms with Gasteiger partial charge in [0.25, 0.3) is 0 Å². The Morgan fingerprint density at radius 1 is 1.39 bits per heavy atom. The molecule has 1 heterocycles. The fraction of sp³-hybridized carbons (Fsp3) is 0.429. The van der Waals surface area contributed by atoms with Gasteiger partial charge in [-0.2, -0.15) is 0 Å². The molecule has 1 aromatic carbocycles. The molecule has 1 atom stereocenters. The summed E-state index contributed by atoms with van der Waals surface area (Å²) in [5.41, 5.74) is 3.69. The summed E-state index contributed by atoms with van der Waals surface area (Å²) in [7, 11) is 1.99. The lowest BCUT2D eigenvalue weighted by Gasteiger charge is -2.16. The van der Waals surface area contributed by atoms with Crippen LogP contribution < -0.4 is 5.32 Å². The predicted octanol–water partition coefficient (Wildman–Crippen LogP) is 3.11. The van der Waals surface area contributed by atoms with E-state index in [-0.39, 0.29) is 6.04 Å². The molecule has 2 rings (SSSR count). The predicted molar refractivity (Wildman–Crippen MR) is 76.0 cm³/mol. The number of benzene rings is 1. The highest BCUT2D eigenvalue weighted by molar-refractivity contribution is 7.05. The molecule has 0 amide bonds.